The van der Waals surface area contributed by atoms with Crippen molar-refractivity contribution in [3.8, 4) is 11.1 Å². The van der Waals surface area contributed by atoms with Gasteiger partial charge < -0.3 is 21.3 Å². The third-order valence-corrected chi connectivity index (χ3v) is 7.18. The highest BCUT2D eigenvalue weighted by molar-refractivity contribution is 6.01. The van der Waals surface area contributed by atoms with Crippen LogP contribution in [0.4, 0.5) is 0 Å². The third kappa shape index (κ3) is 4.92. The Balaban J connectivity index is 1.32. The summed E-state index contributed by atoms with van der Waals surface area (Å²) in [4.78, 5) is 4.18. The first-order chi connectivity index (χ1) is 17.0. The number of benzene rings is 2. The number of rotatable bonds is 4. The monoisotopic (exact) mass is 470 g/mol. The summed E-state index contributed by atoms with van der Waals surface area (Å²) in [5.74, 6) is 1.01. The topological polar surface area (TPSA) is 108 Å². The fraction of sp³-hybridized carbons (Fsp3) is 0.407. The summed E-state index contributed by atoms with van der Waals surface area (Å²) < 4.78 is 0. The molecule has 2 heterocycles. The quantitative estimate of drug-likeness (QED) is 0.345. The predicted octanol–water partition coefficient (Wildman–Crippen LogP) is 3.53. The molecule has 5 rings (SSSR count). The first-order valence-corrected chi connectivity index (χ1v) is 12.5. The van der Waals surface area contributed by atoms with Crippen LogP contribution in [0.3, 0.4) is 0 Å². The van der Waals surface area contributed by atoms with Crippen LogP contribution in [-0.2, 0) is 6.42 Å². The second-order valence-corrected chi connectivity index (χ2v) is 9.60. The molecule has 0 radical (unpaired) electrons. The van der Waals surface area contributed by atoms with Crippen molar-refractivity contribution >= 4 is 23.3 Å². The van der Waals surface area contributed by atoms with Crippen LogP contribution in [0.25, 0.3) is 11.1 Å². The Morgan fingerprint density at radius 2 is 1.03 bits per heavy atom. The third-order valence-electron chi connectivity index (χ3n) is 7.18. The van der Waals surface area contributed by atoms with Crippen LogP contribution in [-0.4, -0.2) is 59.3 Å². The summed E-state index contributed by atoms with van der Waals surface area (Å²) in [5, 5.41) is 17.4. The summed E-state index contributed by atoms with van der Waals surface area (Å²) in [6.45, 7) is 7.82. The van der Waals surface area contributed by atoms with Gasteiger partial charge in [0, 0.05) is 26.2 Å². The van der Waals surface area contributed by atoms with Gasteiger partial charge in [0.15, 0.2) is 0 Å². The molecular formula is C27H34N8. The van der Waals surface area contributed by atoms with E-state index in [1.165, 1.54) is 22.3 Å². The van der Waals surface area contributed by atoms with Gasteiger partial charge in [0.05, 0.1) is 11.4 Å². The molecule has 35 heavy (non-hydrogen) atoms. The van der Waals surface area contributed by atoms with Gasteiger partial charge in [-0.2, -0.15) is 10.2 Å². The Hall–Kier alpha value is -3.68. The maximum atomic E-state index is 6.10. The van der Waals surface area contributed by atoms with Gasteiger partial charge in [-0.05, 0) is 91.5 Å². The number of hydrogen-bond acceptors (Lipinski definition) is 4. The maximum Gasteiger partial charge on any atom is 0.216 e. The smallest absolute Gasteiger partial charge is 0.216 e. The molecule has 8 heteroatoms. The molecular weight excluding hydrogens is 436 g/mol. The molecule has 2 aromatic rings. The van der Waals surface area contributed by atoms with Crippen molar-refractivity contribution in [1.29, 1.82) is 0 Å². The minimum absolute atomic E-state index is 0.506. The Bertz CT molecular complexity index is 1130. The Morgan fingerprint density at radius 3 is 1.43 bits per heavy atom. The van der Waals surface area contributed by atoms with E-state index in [-0.39, 0.29) is 0 Å². The largest absolute Gasteiger partial charge is 0.368 e. The lowest BCUT2D eigenvalue weighted by Crippen LogP contribution is -2.34. The minimum Gasteiger partial charge on any atom is -0.368 e. The fourth-order valence-electron chi connectivity index (χ4n) is 5.05. The van der Waals surface area contributed by atoms with E-state index in [9.17, 15) is 0 Å². The highest BCUT2D eigenvalue weighted by atomic mass is 15.4. The number of fused-ring (bicyclic) bond motifs is 3. The molecule has 182 valence electrons. The van der Waals surface area contributed by atoms with Crippen LogP contribution in [0, 0.1) is 0 Å². The van der Waals surface area contributed by atoms with Gasteiger partial charge in [-0.15, -0.1) is 10.2 Å². The van der Waals surface area contributed by atoms with Gasteiger partial charge in [-0.3, -0.25) is 0 Å². The second kappa shape index (κ2) is 9.90. The van der Waals surface area contributed by atoms with Crippen LogP contribution in [0.2, 0.25) is 0 Å². The molecule has 3 aliphatic rings. The fourth-order valence-corrected chi connectivity index (χ4v) is 5.05. The zero-order valence-electron chi connectivity index (χ0n) is 20.7. The zero-order valence-corrected chi connectivity index (χ0v) is 20.7. The molecule has 8 nitrogen and oxygen atoms in total. The molecule has 2 aliphatic heterocycles. The van der Waals surface area contributed by atoms with Crippen molar-refractivity contribution in [3.63, 3.8) is 0 Å². The molecule has 0 saturated carbocycles. The van der Waals surface area contributed by atoms with Crippen LogP contribution in [0.5, 0.6) is 0 Å². The summed E-state index contributed by atoms with van der Waals surface area (Å²) >= 11 is 0. The van der Waals surface area contributed by atoms with Crippen LogP contribution >= 0.6 is 0 Å². The molecule has 0 bridgehead atoms. The molecule has 2 saturated heterocycles. The predicted molar refractivity (Wildman–Crippen MR) is 144 cm³/mol. The van der Waals surface area contributed by atoms with Gasteiger partial charge in [0.2, 0.25) is 11.9 Å². The summed E-state index contributed by atoms with van der Waals surface area (Å²) in [6, 6.07) is 13.0. The second-order valence-electron chi connectivity index (χ2n) is 9.60. The van der Waals surface area contributed by atoms with E-state index in [2.05, 4.69) is 66.6 Å². The van der Waals surface area contributed by atoms with Crippen LogP contribution < -0.4 is 11.5 Å². The van der Waals surface area contributed by atoms with Crippen molar-refractivity contribution in [3.05, 3.63) is 58.7 Å². The van der Waals surface area contributed by atoms with Crippen molar-refractivity contribution in [2.24, 2.45) is 31.9 Å². The highest BCUT2D eigenvalue weighted by Crippen LogP contribution is 2.37. The number of hydrogen-bond donors (Lipinski definition) is 2. The number of guanidine groups is 2. The molecule has 4 N–H and O–H groups in total. The molecule has 0 unspecified atom stereocenters. The highest BCUT2D eigenvalue weighted by Gasteiger charge is 2.20. The standard InChI is InChI=1S/C27H34N8/c1-18(30-32-26(28)34-11-3-4-12-34)20-7-9-24-22(15-20)17-23-16-21(8-10-25(23)24)19(2)31-33-27(29)35-13-5-6-14-35/h7-10,15-16H,3-6,11-14,17H2,1-2H3,(H2,28,32)(H2,29,33)/b30-18+,31-19+. The van der Waals surface area contributed by atoms with E-state index in [4.69, 9.17) is 11.5 Å². The molecule has 0 aromatic heterocycles. The van der Waals surface area contributed by atoms with Gasteiger partial charge >= 0.3 is 0 Å². The van der Waals surface area contributed by atoms with Gasteiger partial charge in [0.1, 0.15) is 0 Å². The molecule has 1 aliphatic carbocycles. The van der Waals surface area contributed by atoms with Crippen molar-refractivity contribution in [1.82, 2.24) is 9.80 Å². The Labute approximate surface area is 207 Å². The van der Waals surface area contributed by atoms with Crippen LogP contribution in [0.1, 0.15) is 61.8 Å². The Kier molecular flexibility index (Phi) is 6.53. The lowest BCUT2D eigenvalue weighted by Gasteiger charge is -2.14. The normalized spacial score (nSPS) is 18.9. The lowest BCUT2D eigenvalue weighted by atomic mass is 10.0. The van der Waals surface area contributed by atoms with E-state index < -0.39 is 0 Å². The number of likely N-dealkylation sites (tertiary alicyclic amines) is 2. The Morgan fingerprint density at radius 1 is 0.629 bits per heavy atom. The molecule has 0 atom stereocenters. The van der Waals surface area contributed by atoms with Crippen molar-refractivity contribution < 1.29 is 0 Å². The van der Waals surface area contributed by atoms with Gasteiger partial charge in [-0.25, -0.2) is 0 Å². The summed E-state index contributed by atoms with van der Waals surface area (Å²) in [5.41, 5.74) is 21.2. The first kappa shape index (κ1) is 23.1. The minimum atomic E-state index is 0.506. The lowest BCUT2D eigenvalue weighted by molar-refractivity contribution is 0.511. The summed E-state index contributed by atoms with van der Waals surface area (Å²) in [7, 11) is 0. The average Bonchev–Trinajstić information content (AvgIpc) is 3.65. The van der Waals surface area contributed by atoms with E-state index in [1.807, 2.05) is 13.8 Å². The first-order valence-electron chi connectivity index (χ1n) is 12.5. The molecule has 0 amide bonds. The van der Waals surface area contributed by atoms with E-state index in [0.29, 0.717) is 11.9 Å². The van der Waals surface area contributed by atoms with E-state index in [1.54, 1.807) is 0 Å². The molecule has 2 aromatic carbocycles. The molecule has 0 spiro atoms. The average molecular weight is 471 g/mol. The van der Waals surface area contributed by atoms with Crippen molar-refractivity contribution in [2.75, 3.05) is 26.2 Å². The van der Waals surface area contributed by atoms with E-state index in [0.717, 1.165) is 80.8 Å². The zero-order chi connectivity index (χ0) is 24.4. The number of nitrogens with two attached hydrogens (primary N) is 2. The van der Waals surface area contributed by atoms with E-state index >= 15 is 0 Å². The molecule has 2 fully saturated rings. The number of nitrogens with zero attached hydrogens (tertiary/aromatic N) is 6. The van der Waals surface area contributed by atoms with Gasteiger partial charge in [-0.1, -0.05) is 24.3 Å². The van der Waals surface area contributed by atoms with Gasteiger partial charge in [0.25, 0.3) is 0 Å². The van der Waals surface area contributed by atoms with Crippen LogP contribution in [0.15, 0.2) is 56.8 Å². The maximum absolute atomic E-state index is 6.10. The SMILES string of the molecule is C/C(=N\N=C(/N)N1CCCC1)c1ccc2c(c1)Cc1cc(/C(C)=N/N=C(\N)N3CCCC3)ccc1-2. The van der Waals surface area contributed by atoms with Crippen molar-refractivity contribution in [2.45, 2.75) is 46.0 Å². The summed E-state index contributed by atoms with van der Waals surface area (Å²) in [6.07, 6.45) is 5.54.